The van der Waals surface area contributed by atoms with Gasteiger partial charge in [-0.2, -0.15) is 0 Å². The zero-order valence-corrected chi connectivity index (χ0v) is 13.2. The maximum atomic E-state index is 4.52. The number of aryl methyl sites for hydroxylation is 1. The van der Waals surface area contributed by atoms with E-state index in [0.29, 0.717) is 6.04 Å². The van der Waals surface area contributed by atoms with E-state index in [1.165, 1.54) is 16.0 Å². The first-order valence-corrected chi connectivity index (χ1v) is 7.68. The average Bonchev–Trinajstić information content (AvgIpc) is 2.82. The Balaban J connectivity index is 2.26. The van der Waals surface area contributed by atoms with E-state index in [0.717, 1.165) is 16.0 Å². The quantitative estimate of drug-likeness (QED) is 0.892. The molecule has 1 atom stereocenters. The molecule has 1 aromatic heterocycles. The summed E-state index contributed by atoms with van der Waals surface area (Å²) in [5.41, 5.74) is 2.43. The van der Waals surface area contributed by atoms with Gasteiger partial charge in [0.15, 0.2) is 0 Å². The number of hydrogen-bond donors (Lipinski definition) is 1. The number of thiazole rings is 1. The Morgan fingerprint density at radius 1 is 1.44 bits per heavy atom. The van der Waals surface area contributed by atoms with E-state index < -0.39 is 0 Å². The third-order valence-electron chi connectivity index (χ3n) is 2.87. The summed E-state index contributed by atoms with van der Waals surface area (Å²) in [5.74, 6) is 0. The highest BCUT2D eigenvalue weighted by Gasteiger charge is 2.10. The van der Waals surface area contributed by atoms with Crippen LogP contribution in [0, 0.1) is 6.92 Å². The molecular weight excluding hydrogens is 308 g/mol. The van der Waals surface area contributed by atoms with E-state index in [1.54, 1.807) is 11.3 Å². The molecular formula is C14H17BrN2S. The predicted octanol–water partition coefficient (Wildman–Crippen LogP) is 4.55. The largest absolute Gasteiger partial charge is 0.310 e. The van der Waals surface area contributed by atoms with E-state index in [4.69, 9.17) is 0 Å². The van der Waals surface area contributed by atoms with Crippen LogP contribution in [0.2, 0.25) is 0 Å². The SMILES string of the molecule is CCNC(C)c1cnc(-c2ccc(Br)c(C)c2)s1. The molecule has 0 saturated carbocycles. The fourth-order valence-corrected chi connectivity index (χ4v) is 2.99. The van der Waals surface area contributed by atoms with Crippen LogP contribution in [0.5, 0.6) is 0 Å². The standard InChI is InChI=1S/C14H17BrN2S/c1-4-16-10(3)13-8-17-14(18-13)11-5-6-12(15)9(2)7-11/h5-8,10,16H,4H2,1-3H3. The molecule has 0 aliphatic rings. The fraction of sp³-hybridized carbons (Fsp3) is 0.357. The zero-order chi connectivity index (χ0) is 13.1. The van der Waals surface area contributed by atoms with Crippen molar-refractivity contribution in [3.63, 3.8) is 0 Å². The van der Waals surface area contributed by atoms with Crippen molar-refractivity contribution in [2.45, 2.75) is 26.8 Å². The molecule has 0 saturated heterocycles. The molecule has 2 rings (SSSR count). The minimum Gasteiger partial charge on any atom is -0.310 e. The molecule has 0 bridgehead atoms. The zero-order valence-electron chi connectivity index (χ0n) is 10.8. The first kappa shape index (κ1) is 13.7. The molecule has 2 aromatic rings. The van der Waals surface area contributed by atoms with Crippen molar-refractivity contribution >= 4 is 27.3 Å². The van der Waals surface area contributed by atoms with Crippen LogP contribution in [-0.2, 0) is 0 Å². The molecule has 0 fully saturated rings. The number of rotatable bonds is 4. The summed E-state index contributed by atoms with van der Waals surface area (Å²) in [5, 5.41) is 4.50. The van der Waals surface area contributed by atoms with Gasteiger partial charge in [-0.15, -0.1) is 11.3 Å². The third-order valence-corrected chi connectivity index (χ3v) is 4.98. The first-order valence-electron chi connectivity index (χ1n) is 6.07. The van der Waals surface area contributed by atoms with Crippen LogP contribution >= 0.6 is 27.3 Å². The van der Waals surface area contributed by atoms with Crippen molar-refractivity contribution in [2.75, 3.05) is 6.54 Å². The van der Waals surface area contributed by atoms with Crippen molar-refractivity contribution in [2.24, 2.45) is 0 Å². The van der Waals surface area contributed by atoms with Crippen molar-refractivity contribution in [3.8, 4) is 10.6 Å². The molecule has 0 aliphatic carbocycles. The smallest absolute Gasteiger partial charge is 0.123 e. The minimum atomic E-state index is 0.373. The maximum Gasteiger partial charge on any atom is 0.123 e. The Hall–Kier alpha value is -0.710. The molecule has 96 valence electrons. The lowest BCUT2D eigenvalue weighted by Gasteiger charge is -2.08. The molecule has 1 aromatic carbocycles. The van der Waals surface area contributed by atoms with Crippen molar-refractivity contribution < 1.29 is 0 Å². The number of halogens is 1. The second-order valence-electron chi connectivity index (χ2n) is 4.31. The lowest BCUT2D eigenvalue weighted by molar-refractivity contribution is 0.606. The van der Waals surface area contributed by atoms with E-state index in [9.17, 15) is 0 Å². The highest BCUT2D eigenvalue weighted by atomic mass is 79.9. The van der Waals surface area contributed by atoms with Crippen LogP contribution in [0.3, 0.4) is 0 Å². The Labute approximate surface area is 121 Å². The van der Waals surface area contributed by atoms with Crippen LogP contribution in [0.25, 0.3) is 10.6 Å². The van der Waals surface area contributed by atoms with Crippen LogP contribution < -0.4 is 5.32 Å². The number of nitrogens with zero attached hydrogens (tertiary/aromatic N) is 1. The van der Waals surface area contributed by atoms with Crippen LogP contribution in [0.4, 0.5) is 0 Å². The lowest BCUT2D eigenvalue weighted by atomic mass is 10.1. The van der Waals surface area contributed by atoms with Crippen molar-refractivity contribution in [1.29, 1.82) is 0 Å². The molecule has 2 nitrogen and oxygen atoms in total. The predicted molar refractivity (Wildman–Crippen MR) is 82.1 cm³/mol. The highest BCUT2D eigenvalue weighted by Crippen LogP contribution is 2.30. The number of benzene rings is 1. The van der Waals surface area contributed by atoms with Gasteiger partial charge in [-0.25, -0.2) is 4.98 Å². The maximum absolute atomic E-state index is 4.52. The monoisotopic (exact) mass is 324 g/mol. The Kier molecular flexibility index (Phi) is 4.54. The van der Waals surface area contributed by atoms with Gasteiger partial charge in [0.05, 0.1) is 0 Å². The van der Waals surface area contributed by atoms with Crippen LogP contribution in [0.1, 0.15) is 30.3 Å². The molecule has 1 N–H and O–H groups in total. The Morgan fingerprint density at radius 2 is 2.22 bits per heavy atom. The molecule has 1 unspecified atom stereocenters. The molecule has 0 aliphatic heterocycles. The first-order chi connectivity index (χ1) is 8.61. The van der Waals surface area contributed by atoms with Gasteiger partial charge in [0.1, 0.15) is 5.01 Å². The van der Waals surface area contributed by atoms with E-state index >= 15 is 0 Å². The third kappa shape index (κ3) is 2.99. The van der Waals surface area contributed by atoms with E-state index in [2.05, 4.69) is 65.2 Å². The van der Waals surface area contributed by atoms with Gasteiger partial charge in [-0.05, 0) is 38.1 Å². The molecule has 0 spiro atoms. The van der Waals surface area contributed by atoms with E-state index in [-0.39, 0.29) is 0 Å². The molecule has 0 amide bonds. The molecule has 0 radical (unpaired) electrons. The van der Waals surface area contributed by atoms with Gasteiger partial charge >= 0.3 is 0 Å². The summed E-state index contributed by atoms with van der Waals surface area (Å²) in [7, 11) is 0. The Morgan fingerprint density at radius 3 is 2.89 bits per heavy atom. The van der Waals surface area contributed by atoms with E-state index in [1.807, 2.05) is 6.20 Å². The van der Waals surface area contributed by atoms with Gasteiger partial charge in [-0.1, -0.05) is 28.9 Å². The van der Waals surface area contributed by atoms with Crippen LogP contribution in [-0.4, -0.2) is 11.5 Å². The highest BCUT2D eigenvalue weighted by molar-refractivity contribution is 9.10. The summed E-state index contributed by atoms with van der Waals surface area (Å²) in [6, 6.07) is 6.74. The molecule has 18 heavy (non-hydrogen) atoms. The molecule has 4 heteroatoms. The van der Waals surface area contributed by atoms with Gasteiger partial charge < -0.3 is 5.32 Å². The number of aromatic nitrogens is 1. The second-order valence-corrected chi connectivity index (χ2v) is 6.23. The normalized spacial score (nSPS) is 12.7. The average molecular weight is 325 g/mol. The number of nitrogens with one attached hydrogen (secondary N) is 1. The number of hydrogen-bond acceptors (Lipinski definition) is 3. The van der Waals surface area contributed by atoms with Crippen LogP contribution in [0.15, 0.2) is 28.9 Å². The summed E-state index contributed by atoms with van der Waals surface area (Å²) in [6.45, 7) is 7.37. The van der Waals surface area contributed by atoms with Gasteiger partial charge in [0.2, 0.25) is 0 Å². The lowest BCUT2D eigenvalue weighted by Crippen LogP contribution is -2.16. The van der Waals surface area contributed by atoms with Gasteiger partial charge in [0, 0.05) is 27.2 Å². The van der Waals surface area contributed by atoms with Gasteiger partial charge in [-0.3, -0.25) is 0 Å². The summed E-state index contributed by atoms with van der Waals surface area (Å²) in [6.07, 6.45) is 1.98. The fourth-order valence-electron chi connectivity index (χ4n) is 1.80. The molecule has 1 heterocycles. The minimum absolute atomic E-state index is 0.373. The van der Waals surface area contributed by atoms with Gasteiger partial charge in [0.25, 0.3) is 0 Å². The van der Waals surface area contributed by atoms with Crippen molar-refractivity contribution in [1.82, 2.24) is 10.3 Å². The second kappa shape index (κ2) is 5.95. The van der Waals surface area contributed by atoms with Crippen molar-refractivity contribution in [3.05, 3.63) is 39.3 Å². The topological polar surface area (TPSA) is 24.9 Å². The Bertz CT molecular complexity index is 536. The summed E-state index contributed by atoms with van der Waals surface area (Å²) >= 11 is 5.28. The summed E-state index contributed by atoms with van der Waals surface area (Å²) < 4.78 is 1.14. The summed E-state index contributed by atoms with van der Waals surface area (Å²) in [4.78, 5) is 5.81.